The van der Waals surface area contributed by atoms with Crippen molar-refractivity contribution in [3.63, 3.8) is 0 Å². The van der Waals surface area contributed by atoms with Gasteiger partial charge >= 0.3 is 0 Å². The van der Waals surface area contributed by atoms with Gasteiger partial charge in [-0.1, -0.05) is 12.1 Å². The van der Waals surface area contributed by atoms with Gasteiger partial charge in [0.15, 0.2) is 0 Å². The largest absolute Gasteiger partial charge is 0.506 e. The number of phenols is 1. The second-order valence-electron chi connectivity index (χ2n) is 9.63. The zero-order valence-electron chi connectivity index (χ0n) is 19.7. The van der Waals surface area contributed by atoms with E-state index in [0.29, 0.717) is 33.2 Å². The molecule has 182 valence electrons. The molecule has 0 radical (unpaired) electrons. The van der Waals surface area contributed by atoms with Crippen LogP contribution in [0.5, 0.6) is 11.5 Å². The molecule has 0 amide bonds. The summed E-state index contributed by atoms with van der Waals surface area (Å²) in [6, 6.07) is 11.3. The molecule has 2 aliphatic rings. The Morgan fingerprint density at radius 1 is 1.11 bits per heavy atom. The molecule has 0 spiro atoms. The van der Waals surface area contributed by atoms with Gasteiger partial charge in [0, 0.05) is 37.1 Å². The van der Waals surface area contributed by atoms with Gasteiger partial charge in [0.25, 0.3) is 5.56 Å². The number of hydrogen-bond acceptors (Lipinski definition) is 7. The summed E-state index contributed by atoms with van der Waals surface area (Å²) >= 11 is 1.37. The molecule has 0 atom stereocenters. The van der Waals surface area contributed by atoms with Crippen LogP contribution in [0.1, 0.15) is 37.2 Å². The van der Waals surface area contributed by atoms with Crippen LogP contribution in [0.3, 0.4) is 0 Å². The Labute approximate surface area is 207 Å². The van der Waals surface area contributed by atoms with Crippen molar-refractivity contribution in [3.05, 3.63) is 52.3 Å². The fraction of sp³-hybridized carbons (Fsp3) is 0.407. The van der Waals surface area contributed by atoms with E-state index in [-0.39, 0.29) is 17.4 Å². The molecule has 0 unspecified atom stereocenters. The summed E-state index contributed by atoms with van der Waals surface area (Å²) in [7, 11) is 1.67. The van der Waals surface area contributed by atoms with Gasteiger partial charge in [-0.05, 0) is 61.4 Å². The first-order valence-corrected chi connectivity index (χ1v) is 13.1. The van der Waals surface area contributed by atoms with Crippen molar-refractivity contribution < 1.29 is 14.9 Å². The predicted octanol–water partition coefficient (Wildman–Crippen LogP) is 4.33. The van der Waals surface area contributed by atoms with Crippen molar-refractivity contribution in [1.82, 2.24) is 14.5 Å². The fourth-order valence-electron chi connectivity index (χ4n) is 5.17. The van der Waals surface area contributed by atoms with Crippen molar-refractivity contribution in [2.45, 2.75) is 44.2 Å². The molecule has 35 heavy (non-hydrogen) atoms. The van der Waals surface area contributed by atoms with Crippen LogP contribution in [0.15, 0.2) is 41.2 Å². The minimum atomic E-state index is -0.229. The van der Waals surface area contributed by atoms with E-state index in [1.54, 1.807) is 19.2 Å². The number of methoxy groups -OCH3 is 1. The van der Waals surface area contributed by atoms with Crippen LogP contribution in [0.25, 0.3) is 31.7 Å². The van der Waals surface area contributed by atoms with Gasteiger partial charge in [0.05, 0.1) is 23.3 Å². The summed E-state index contributed by atoms with van der Waals surface area (Å²) < 4.78 is 8.00. The molecule has 2 aromatic carbocycles. The van der Waals surface area contributed by atoms with Crippen molar-refractivity contribution in [1.29, 1.82) is 0 Å². The number of benzene rings is 2. The third kappa shape index (κ3) is 4.09. The number of hydrogen-bond donors (Lipinski definition) is 2. The topological polar surface area (TPSA) is 87.8 Å². The van der Waals surface area contributed by atoms with Crippen molar-refractivity contribution in [2.24, 2.45) is 0 Å². The van der Waals surface area contributed by atoms with E-state index in [1.165, 1.54) is 16.9 Å². The molecule has 2 N–H and O–H groups in total. The number of fused-ring (bicyclic) bond motifs is 3. The van der Waals surface area contributed by atoms with Crippen LogP contribution in [-0.4, -0.2) is 57.5 Å². The van der Waals surface area contributed by atoms with Crippen LogP contribution in [0.2, 0.25) is 0 Å². The minimum Gasteiger partial charge on any atom is -0.506 e. The average molecular weight is 492 g/mol. The van der Waals surface area contributed by atoms with E-state index in [1.807, 2.05) is 22.8 Å². The quantitative estimate of drug-likeness (QED) is 0.418. The Morgan fingerprint density at radius 3 is 2.66 bits per heavy atom. The molecule has 1 aliphatic carbocycles. The molecule has 2 fully saturated rings. The number of aliphatic hydroxyl groups excluding tert-OH is 1. The molecule has 1 aliphatic heterocycles. The third-order valence-corrected chi connectivity index (χ3v) is 8.43. The number of aliphatic hydroxyl groups is 1. The van der Waals surface area contributed by atoms with Crippen molar-refractivity contribution in [3.8, 4) is 22.9 Å². The maximum Gasteiger partial charge on any atom is 0.263 e. The van der Waals surface area contributed by atoms with Crippen molar-refractivity contribution in [2.75, 3.05) is 26.7 Å². The number of rotatable bonds is 6. The summed E-state index contributed by atoms with van der Waals surface area (Å²) in [5.41, 5.74) is 2.08. The molecule has 1 saturated heterocycles. The number of aromatic nitrogens is 2. The normalized spacial score (nSPS) is 17.4. The first-order chi connectivity index (χ1) is 17.0. The van der Waals surface area contributed by atoms with E-state index < -0.39 is 0 Å². The Morgan fingerprint density at radius 2 is 1.91 bits per heavy atom. The molecule has 3 heterocycles. The van der Waals surface area contributed by atoms with Gasteiger partial charge in [-0.3, -0.25) is 9.36 Å². The van der Waals surface area contributed by atoms with E-state index in [0.717, 1.165) is 62.0 Å². The summed E-state index contributed by atoms with van der Waals surface area (Å²) in [5, 5.41) is 21.6. The lowest BCUT2D eigenvalue weighted by Crippen LogP contribution is -2.39. The van der Waals surface area contributed by atoms with E-state index >= 15 is 0 Å². The van der Waals surface area contributed by atoms with Gasteiger partial charge < -0.3 is 19.8 Å². The standard InChI is InChI=1S/C27H29N3O4S/c1-34-18-7-8-19(21(15-18)16-5-6-16)25-28-26-23(20-3-2-4-22(32)24(20)35-26)27(33)30(25)14-13-29-11-9-17(31)10-12-29/h2-4,7-8,15-17,31-32H,5-6,9-14H2,1H3. The van der Waals surface area contributed by atoms with Gasteiger partial charge in [-0.25, -0.2) is 4.98 Å². The van der Waals surface area contributed by atoms with Crippen LogP contribution < -0.4 is 10.3 Å². The zero-order valence-corrected chi connectivity index (χ0v) is 20.6. The average Bonchev–Trinajstić information content (AvgIpc) is 3.64. The van der Waals surface area contributed by atoms with Crippen LogP contribution in [-0.2, 0) is 6.54 Å². The number of thiophene rings is 1. The van der Waals surface area contributed by atoms with Crippen LogP contribution in [0, 0.1) is 0 Å². The Kier molecular flexibility index (Phi) is 5.75. The minimum absolute atomic E-state index is 0.0727. The molecular weight excluding hydrogens is 462 g/mol. The van der Waals surface area contributed by atoms with Crippen LogP contribution >= 0.6 is 11.3 Å². The number of aromatic hydroxyl groups is 1. The molecule has 0 bridgehead atoms. The maximum absolute atomic E-state index is 14.0. The number of phenolic OH excluding ortho intramolecular Hbond substituents is 1. The van der Waals surface area contributed by atoms with Gasteiger partial charge in [-0.15, -0.1) is 11.3 Å². The molecule has 7 nitrogen and oxygen atoms in total. The molecule has 6 rings (SSSR count). The van der Waals surface area contributed by atoms with Gasteiger partial charge in [0.1, 0.15) is 22.2 Å². The smallest absolute Gasteiger partial charge is 0.263 e. The first-order valence-electron chi connectivity index (χ1n) is 12.3. The lowest BCUT2D eigenvalue weighted by Gasteiger charge is -2.29. The molecule has 2 aromatic heterocycles. The number of likely N-dealkylation sites (tertiary alicyclic amines) is 1. The monoisotopic (exact) mass is 491 g/mol. The highest BCUT2D eigenvalue weighted by Crippen LogP contribution is 2.46. The van der Waals surface area contributed by atoms with Gasteiger partial charge in [-0.2, -0.15) is 0 Å². The molecule has 1 saturated carbocycles. The summed E-state index contributed by atoms with van der Waals surface area (Å²) in [5.74, 6) is 2.11. The summed E-state index contributed by atoms with van der Waals surface area (Å²) in [6.45, 7) is 2.88. The summed E-state index contributed by atoms with van der Waals surface area (Å²) in [4.78, 5) is 22.0. The molecule has 4 aromatic rings. The first kappa shape index (κ1) is 22.5. The highest BCUT2D eigenvalue weighted by atomic mass is 32.1. The highest BCUT2D eigenvalue weighted by Gasteiger charge is 2.29. The predicted molar refractivity (Wildman–Crippen MR) is 139 cm³/mol. The van der Waals surface area contributed by atoms with E-state index in [9.17, 15) is 15.0 Å². The SMILES string of the molecule is COc1ccc(-c2nc3sc4c(O)cccc4c3c(=O)n2CCN2CCC(O)CC2)c(C2CC2)c1. The fourth-order valence-corrected chi connectivity index (χ4v) is 6.24. The van der Waals surface area contributed by atoms with Crippen LogP contribution in [0.4, 0.5) is 0 Å². The molecule has 8 heteroatoms. The zero-order chi connectivity index (χ0) is 24.1. The number of ether oxygens (including phenoxy) is 1. The van der Waals surface area contributed by atoms with E-state index in [2.05, 4.69) is 11.0 Å². The number of piperidine rings is 1. The lowest BCUT2D eigenvalue weighted by molar-refractivity contribution is 0.0809. The Bertz CT molecular complexity index is 1470. The Hall–Kier alpha value is -2.94. The van der Waals surface area contributed by atoms with Crippen molar-refractivity contribution >= 4 is 31.6 Å². The van der Waals surface area contributed by atoms with Gasteiger partial charge in [0.2, 0.25) is 0 Å². The summed E-state index contributed by atoms with van der Waals surface area (Å²) in [6.07, 6.45) is 3.54. The third-order valence-electron chi connectivity index (χ3n) is 7.31. The lowest BCUT2D eigenvalue weighted by atomic mass is 10.0. The van der Waals surface area contributed by atoms with E-state index in [4.69, 9.17) is 9.72 Å². The molecular formula is C27H29N3O4S. The maximum atomic E-state index is 14.0. The second kappa shape index (κ2) is 8.93. The Balaban J connectivity index is 1.52. The number of nitrogens with zero attached hydrogens (tertiary/aromatic N) is 3. The second-order valence-corrected chi connectivity index (χ2v) is 10.6. The highest BCUT2D eigenvalue weighted by molar-refractivity contribution is 7.25.